The van der Waals surface area contributed by atoms with Crippen molar-refractivity contribution in [3.8, 4) is 0 Å². The lowest BCUT2D eigenvalue weighted by Gasteiger charge is -2.28. The highest BCUT2D eigenvalue weighted by molar-refractivity contribution is 5.72. The summed E-state index contributed by atoms with van der Waals surface area (Å²) in [6.45, 7) is 4.13. The highest BCUT2D eigenvalue weighted by Gasteiger charge is 2.28. The maximum absolute atomic E-state index is 11.4. The molecule has 0 heterocycles. The molecule has 1 rings (SSSR count). The van der Waals surface area contributed by atoms with Crippen LogP contribution in [0.25, 0.3) is 0 Å². The first kappa shape index (κ1) is 11.5. The van der Waals surface area contributed by atoms with Gasteiger partial charge < -0.3 is 9.84 Å². The number of ether oxygens (including phenoxy) is 1. The van der Waals surface area contributed by atoms with Crippen LogP contribution in [-0.2, 0) is 9.53 Å². The van der Waals surface area contributed by atoms with E-state index in [2.05, 4.69) is 0 Å². The molecule has 1 aliphatic rings. The van der Waals surface area contributed by atoms with E-state index in [4.69, 9.17) is 4.74 Å². The lowest BCUT2D eigenvalue weighted by molar-refractivity contribution is -0.149. The van der Waals surface area contributed by atoms with Crippen molar-refractivity contribution in [1.29, 1.82) is 0 Å². The second kappa shape index (κ2) is 5.35. The molecule has 0 saturated heterocycles. The zero-order valence-corrected chi connectivity index (χ0v) is 9.03. The molecular formula is C11H20O3. The molecule has 82 valence electrons. The first-order valence-corrected chi connectivity index (χ1v) is 5.49. The molecule has 0 amide bonds. The van der Waals surface area contributed by atoms with Gasteiger partial charge in [0.15, 0.2) is 0 Å². The summed E-state index contributed by atoms with van der Waals surface area (Å²) in [7, 11) is 0. The normalized spacial score (nSPS) is 29.6. The molecule has 1 atom stereocenters. The van der Waals surface area contributed by atoms with Crippen molar-refractivity contribution in [3.05, 3.63) is 0 Å². The van der Waals surface area contributed by atoms with Gasteiger partial charge in [-0.1, -0.05) is 0 Å². The van der Waals surface area contributed by atoms with Crippen molar-refractivity contribution in [1.82, 2.24) is 0 Å². The number of hydrogen-bond acceptors (Lipinski definition) is 3. The lowest BCUT2D eigenvalue weighted by Crippen LogP contribution is -2.28. The van der Waals surface area contributed by atoms with Crippen molar-refractivity contribution < 1.29 is 14.6 Å². The molecule has 1 fully saturated rings. The summed E-state index contributed by atoms with van der Waals surface area (Å²) in [4.78, 5) is 11.4. The number of hydrogen-bond donors (Lipinski definition) is 1. The van der Waals surface area contributed by atoms with E-state index in [0.29, 0.717) is 12.5 Å². The monoisotopic (exact) mass is 200 g/mol. The Morgan fingerprint density at radius 2 is 2.00 bits per heavy atom. The van der Waals surface area contributed by atoms with Gasteiger partial charge in [-0.2, -0.15) is 0 Å². The summed E-state index contributed by atoms with van der Waals surface area (Å²) < 4.78 is 4.98. The zero-order valence-electron chi connectivity index (χ0n) is 9.03. The summed E-state index contributed by atoms with van der Waals surface area (Å²) in [5, 5.41) is 9.39. The third kappa shape index (κ3) is 2.98. The molecule has 0 aromatic heterocycles. The highest BCUT2D eigenvalue weighted by atomic mass is 16.5. The molecule has 0 aromatic carbocycles. The van der Waals surface area contributed by atoms with E-state index in [1.165, 1.54) is 0 Å². The van der Waals surface area contributed by atoms with Crippen LogP contribution in [0.15, 0.2) is 0 Å². The Balaban J connectivity index is 2.31. The van der Waals surface area contributed by atoms with Crippen LogP contribution >= 0.6 is 0 Å². The Bertz CT molecular complexity index is 181. The predicted molar refractivity (Wildman–Crippen MR) is 53.8 cm³/mol. The number of carbonyl (C=O) groups excluding carboxylic acids is 1. The second-order valence-corrected chi connectivity index (χ2v) is 4.10. The van der Waals surface area contributed by atoms with Crippen LogP contribution in [0, 0.1) is 11.8 Å². The Morgan fingerprint density at radius 3 is 2.43 bits per heavy atom. The number of esters is 1. The minimum Gasteiger partial charge on any atom is -0.466 e. The van der Waals surface area contributed by atoms with Crippen molar-refractivity contribution in [2.45, 2.75) is 45.6 Å². The fourth-order valence-corrected chi connectivity index (χ4v) is 2.10. The Kier molecular flexibility index (Phi) is 4.39. The van der Waals surface area contributed by atoms with Crippen LogP contribution in [0.4, 0.5) is 0 Å². The molecule has 0 radical (unpaired) electrons. The zero-order chi connectivity index (χ0) is 10.6. The molecular weight excluding hydrogens is 180 g/mol. The minimum atomic E-state index is -0.238. The van der Waals surface area contributed by atoms with Crippen LogP contribution in [0.2, 0.25) is 0 Å². The van der Waals surface area contributed by atoms with Crippen molar-refractivity contribution in [2.75, 3.05) is 6.61 Å². The molecule has 0 unspecified atom stereocenters. The summed E-state index contributed by atoms with van der Waals surface area (Å²) in [5.41, 5.74) is 0. The SMILES string of the molecule is CCOC(=O)C1CCC([C@@H](C)O)CC1. The number of rotatable bonds is 3. The maximum atomic E-state index is 11.4. The number of aliphatic hydroxyl groups excluding tert-OH is 1. The first-order chi connectivity index (χ1) is 6.65. The summed E-state index contributed by atoms with van der Waals surface area (Å²) >= 11 is 0. The standard InChI is InChI=1S/C11H20O3/c1-3-14-11(13)10-6-4-9(5-7-10)8(2)12/h8-10,12H,3-7H2,1-2H3/t8-,9?,10?/m1/s1. The lowest BCUT2D eigenvalue weighted by atomic mass is 9.80. The van der Waals surface area contributed by atoms with Gasteiger partial charge in [0.25, 0.3) is 0 Å². The van der Waals surface area contributed by atoms with Gasteiger partial charge in [-0.05, 0) is 45.4 Å². The largest absolute Gasteiger partial charge is 0.466 e. The van der Waals surface area contributed by atoms with E-state index in [1.54, 1.807) is 0 Å². The average Bonchev–Trinajstić information content (AvgIpc) is 2.18. The predicted octanol–water partition coefficient (Wildman–Crippen LogP) is 1.74. The molecule has 0 aromatic rings. The first-order valence-electron chi connectivity index (χ1n) is 5.49. The highest BCUT2D eigenvalue weighted by Crippen LogP contribution is 2.31. The van der Waals surface area contributed by atoms with E-state index in [9.17, 15) is 9.90 Å². The van der Waals surface area contributed by atoms with E-state index >= 15 is 0 Å². The molecule has 0 spiro atoms. The van der Waals surface area contributed by atoms with Gasteiger partial charge in [-0.15, -0.1) is 0 Å². The fraction of sp³-hybridized carbons (Fsp3) is 0.909. The van der Waals surface area contributed by atoms with Crippen LogP contribution < -0.4 is 0 Å². The third-order valence-corrected chi connectivity index (χ3v) is 3.07. The molecule has 0 bridgehead atoms. The third-order valence-electron chi connectivity index (χ3n) is 3.07. The van der Waals surface area contributed by atoms with Crippen molar-refractivity contribution in [2.24, 2.45) is 11.8 Å². The quantitative estimate of drug-likeness (QED) is 0.706. The van der Waals surface area contributed by atoms with Gasteiger partial charge in [-0.25, -0.2) is 0 Å². The van der Waals surface area contributed by atoms with Gasteiger partial charge in [0.1, 0.15) is 0 Å². The van der Waals surface area contributed by atoms with Crippen LogP contribution in [0.3, 0.4) is 0 Å². The van der Waals surface area contributed by atoms with Crippen molar-refractivity contribution in [3.63, 3.8) is 0 Å². The van der Waals surface area contributed by atoms with Crippen molar-refractivity contribution >= 4 is 5.97 Å². The molecule has 3 nitrogen and oxygen atoms in total. The molecule has 1 saturated carbocycles. The van der Waals surface area contributed by atoms with E-state index in [1.807, 2.05) is 13.8 Å². The molecule has 0 aliphatic heterocycles. The number of carbonyl (C=O) groups is 1. The van der Waals surface area contributed by atoms with E-state index < -0.39 is 0 Å². The molecule has 14 heavy (non-hydrogen) atoms. The fourth-order valence-electron chi connectivity index (χ4n) is 2.10. The van der Waals surface area contributed by atoms with Crippen LogP contribution in [0.1, 0.15) is 39.5 Å². The molecule has 1 N–H and O–H groups in total. The smallest absolute Gasteiger partial charge is 0.308 e. The molecule has 1 aliphatic carbocycles. The van der Waals surface area contributed by atoms with Crippen LogP contribution in [-0.4, -0.2) is 23.8 Å². The summed E-state index contributed by atoms with van der Waals surface area (Å²) in [6.07, 6.45) is 3.39. The summed E-state index contributed by atoms with van der Waals surface area (Å²) in [5.74, 6) is 0.391. The summed E-state index contributed by atoms with van der Waals surface area (Å²) in [6, 6.07) is 0. The Hall–Kier alpha value is -0.570. The maximum Gasteiger partial charge on any atom is 0.308 e. The number of aliphatic hydroxyl groups is 1. The topological polar surface area (TPSA) is 46.5 Å². The Morgan fingerprint density at radius 1 is 1.43 bits per heavy atom. The van der Waals surface area contributed by atoms with Gasteiger partial charge in [0, 0.05) is 0 Å². The van der Waals surface area contributed by atoms with Gasteiger partial charge in [-0.3, -0.25) is 4.79 Å². The van der Waals surface area contributed by atoms with Gasteiger partial charge in [0.05, 0.1) is 18.6 Å². The second-order valence-electron chi connectivity index (χ2n) is 4.10. The van der Waals surface area contributed by atoms with E-state index in [-0.39, 0.29) is 18.0 Å². The molecule has 3 heteroatoms. The van der Waals surface area contributed by atoms with Crippen LogP contribution in [0.5, 0.6) is 0 Å². The van der Waals surface area contributed by atoms with Gasteiger partial charge >= 0.3 is 5.97 Å². The average molecular weight is 200 g/mol. The minimum absolute atomic E-state index is 0.0588. The Labute approximate surface area is 85.5 Å². The van der Waals surface area contributed by atoms with E-state index in [0.717, 1.165) is 25.7 Å². The van der Waals surface area contributed by atoms with Gasteiger partial charge in [0.2, 0.25) is 0 Å².